The van der Waals surface area contributed by atoms with Crippen LogP contribution in [0, 0.1) is 10.1 Å². The third kappa shape index (κ3) is 5.43. The molecule has 2 aromatic carbocycles. The van der Waals surface area contributed by atoms with Gasteiger partial charge in [0.25, 0.3) is 11.6 Å². The molecule has 0 bridgehead atoms. The summed E-state index contributed by atoms with van der Waals surface area (Å²) in [5.41, 5.74) is 0.895. The Kier molecular flexibility index (Phi) is 7.34. The fraction of sp³-hybridized carbons (Fsp3) is 0.263. The molecule has 0 spiro atoms. The number of halogens is 1. The Labute approximate surface area is 167 Å². The number of nitrogens with one attached hydrogen (secondary N) is 1. The molecule has 2 aromatic rings. The van der Waals surface area contributed by atoms with E-state index in [1.807, 2.05) is 12.1 Å². The number of rotatable bonds is 8. The third-order valence-electron chi connectivity index (χ3n) is 3.89. The van der Waals surface area contributed by atoms with Crippen molar-refractivity contribution in [1.29, 1.82) is 0 Å². The van der Waals surface area contributed by atoms with E-state index in [2.05, 4.69) is 5.32 Å². The zero-order chi connectivity index (χ0) is 20.7. The van der Waals surface area contributed by atoms with E-state index in [0.717, 1.165) is 10.5 Å². The Hall–Kier alpha value is -3.13. The quantitative estimate of drug-likeness (QED) is 0.409. The van der Waals surface area contributed by atoms with Gasteiger partial charge in [-0.1, -0.05) is 29.8 Å². The minimum atomic E-state index is -0.572. The lowest BCUT2D eigenvalue weighted by atomic mass is 10.1. The molecular weight excluding hydrogens is 386 g/mol. The summed E-state index contributed by atoms with van der Waals surface area (Å²) in [6, 6.07) is 11.3. The summed E-state index contributed by atoms with van der Waals surface area (Å²) in [5.74, 6) is -1.07. The van der Waals surface area contributed by atoms with Gasteiger partial charge in [0.15, 0.2) is 0 Å². The number of carbonyl (C=O) groups is 2. The number of ether oxygens (including phenoxy) is 1. The largest absolute Gasteiger partial charge is 0.465 e. The van der Waals surface area contributed by atoms with Gasteiger partial charge in [0.2, 0.25) is 0 Å². The molecule has 0 aliphatic heterocycles. The Morgan fingerprint density at radius 1 is 1.25 bits per heavy atom. The summed E-state index contributed by atoms with van der Waals surface area (Å²) in [6.07, 6.45) is 0. The van der Waals surface area contributed by atoms with Crippen LogP contribution < -0.4 is 5.32 Å². The summed E-state index contributed by atoms with van der Waals surface area (Å²) >= 11 is 6.10. The second kappa shape index (κ2) is 9.70. The standard InChI is InChI=1S/C19H20ClN3O5/c1-3-28-18(24)12-22(2)19(25)13-8-9-16(17(10-13)23(26)27)21-11-14-6-4-5-7-15(14)20/h4-10,21H,3,11-12H2,1-2H3. The van der Waals surface area contributed by atoms with Crippen LogP contribution in [0.2, 0.25) is 5.02 Å². The molecule has 0 radical (unpaired) electrons. The number of benzene rings is 2. The van der Waals surface area contributed by atoms with Crippen molar-refractivity contribution in [3.05, 3.63) is 68.7 Å². The fourth-order valence-corrected chi connectivity index (χ4v) is 2.69. The third-order valence-corrected chi connectivity index (χ3v) is 4.26. The number of nitro groups is 1. The molecule has 0 unspecified atom stereocenters. The first kappa shape index (κ1) is 21.2. The molecule has 0 fully saturated rings. The Bertz CT molecular complexity index is 888. The van der Waals surface area contributed by atoms with Crippen molar-refractivity contribution in [2.24, 2.45) is 0 Å². The van der Waals surface area contributed by atoms with Crippen molar-refractivity contribution >= 4 is 34.9 Å². The normalized spacial score (nSPS) is 10.2. The number of carbonyl (C=O) groups excluding carboxylic acids is 2. The molecule has 8 nitrogen and oxygen atoms in total. The van der Waals surface area contributed by atoms with Gasteiger partial charge in [0.05, 0.1) is 11.5 Å². The van der Waals surface area contributed by atoms with Crippen LogP contribution in [0.1, 0.15) is 22.8 Å². The molecular formula is C19H20ClN3O5. The first-order chi connectivity index (χ1) is 13.3. The molecule has 148 valence electrons. The van der Waals surface area contributed by atoms with Crippen molar-refractivity contribution in [1.82, 2.24) is 4.90 Å². The molecule has 28 heavy (non-hydrogen) atoms. The summed E-state index contributed by atoms with van der Waals surface area (Å²) in [5, 5.41) is 15.0. The lowest BCUT2D eigenvalue weighted by Gasteiger charge is -2.16. The first-order valence-corrected chi connectivity index (χ1v) is 8.88. The van der Waals surface area contributed by atoms with E-state index in [1.165, 1.54) is 25.2 Å². The summed E-state index contributed by atoms with van der Waals surface area (Å²) in [7, 11) is 1.43. The van der Waals surface area contributed by atoms with Gasteiger partial charge < -0.3 is 15.0 Å². The van der Waals surface area contributed by atoms with Crippen molar-refractivity contribution in [2.45, 2.75) is 13.5 Å². The zero-order valence-corrected chi connectivity index (χ0v) is 16.2. The van der Waals surface area contributed by atoms with Gasteiger partial charge >= 0.3 is 5.97 Å². The van der Waals surface area contributed by atoms with E-state index in [1.54, 1.807) is 19.1 Å². The first-order valence-electron chi connectivity index (χ1n) is 8.50. The molecule has 1 N–H and O–H groups in total. The Morgan fingerprint density at radius 2 is 1.96 bits per heavy atom. The molecule has 0 saturated carbocycles. The van der Waals surface area contributed by atoms with Crippen LogP contribution in [-0.4, -0.2) is 41.9 Å². The van der Waals surface area contributed by atoms with Crippen LogP contribution in [-0.2, 0) is 16.1 Å². The molecule has 0 aliphatic carbocycles. The van der Waals surface area contributed by atoms with E-state index in [9.17, 15) is 19.7 Å². The van der Waals surface area contributed by atoms with Gasteiger partial charge in [-0.15, -0.1) is 0 Å². The second-order valence-electron chi connectivity index (χ2n) is 5.90. The summed E-state index contributed by atoms with van der Waals surface area (Å²) < 4.78 is 4.80. The highest BCUT2D eigenvalue weighted by Crippen LogP contribution is 2.27. The fourth-order valence-electron chi connectivity index (χ4n) is 2.49. The van der Waals surface area contributed by atoms with Crippen LogP contribution in [0.5, 0.6) is 0 Å². The highest BCUT2D eigenvalue weighted by Gasteiger charge is 2.21. The van der Waals surface area contributed by atoms with Gasteiger partial charge in [0, 0.05) is 30.2 Å². The number of hydrogen-bond acceptors (Lipinski definition) is 6. The number of anilines is 1. The maximum Gasteiger partial charge on any atom is 0.325 e. The average Bonchev–Trinajstić information content (AvgIpc) is 2.66. The van der Waals surface area contributed by atoms with Crippen LogP contribution in [0.25, 0.3) is 0 Å². The maximum absolute atomic E-state index is 12.5. The number of likely N-dealkylation sites (N-methyl/N-ethyl adjacent to an activating group) is 1. The van der Waals surface area contributed by atoms with E-state index < -0.39 is 16.8 Å². The van der Waals surface area contributed by atoms with Gasteiger partial charge in [0.1, 0.15) is 12.2 Å². The van der Waals surface area contributed by atoms with Crippen molar-refractivity contribution in [3.8, 4) is 0 Å². The Morgan fingerprint density at radius 3 is 2.61 bits per heavy atom. The Balaban J connectivity index is 2.17. The lowest BCUT2D eigenvalue weighted by molar-refractivity contribution is -0.384. The van der Waals surface area contributed by atoms with Crippen molar-refractivity contribution < 1.29 is 19.2 Å². The molecule has 0 aromatic heterocycles. The van der Waals surface area contributed by atoms with E-state index >= 15 is 0 Å². The maximum atomic E-state index is 12.5. The summed E-state index contributed by atoms with van der Waals surface area (Å²) in [4.78, 5) is 36.0. The van der Waals surface area contributed by atoms with E-state index in [4.69, 9.17) is 16.3 Å². The predicted octanol–water partition coefficient (Wildman–Crippen LogP) is 3.50. The lowest BCUT2D eigenvalue weighted by Crippen LogP contribution is -2.33. The highest BCUT2D eigenvalue weighted by atomic mass is 35.5. The monoisotopic (exact) mass is 405 g/mol. The minimum Gasteiger partial charge on any atom is -0.465 e. The number of nitrogens with zero attached hydrogens (tertiary/aromatic N) is 2. The van der Waals surface area contributed by atoms with Crippen molar-refractivity contribution in [2.75, 3.05) is 25.5 Å². The molecule has 1 amide bonds. The molecule has 0 atom stereocenters. The highest BCUT2D eigenvalue weighted by molar-refractivity contribution is 6.31. The molecule has 0 saturated heterocycles. The van der Waals surface area contributed by atoms with Crippen LogP contribution in [0.3, 0.4) is 0 Å². The van der Waals surface area contributed by atoms with E-state index in [0.29, 0.717) is 5.02 Å². The molecule has 0 heterocycles. The summed E-state index contributed by atoms with van der Waals surface area (Å²) in [6.45, 7) is 1.92. The zero-order valence-electron chi connectivity index (χ0n) is 15.5. The number of nitro benzene ring substituents is 1. The molecule has 9 heteroatoms. The van der Waals surface area contributed by atoms with Crippen LogP contribution in [0.15, 0.2) is 42.5 Å². The smallest absolute Gasteiger partial charge is 0.325 e. The van der Waals surface area contributed by atoms with Crippen LogP contribution in [0.4, 0.5) is 11.4 Å². The SMILES string of the molecule is CCOC(=O)CN(C)C(=O)c1ccc(NCc2ccccc2Cl)c([N+](=O)[O-])c1. The number of hydrogen-bond donors (Lipinski definition) is 1. The van der Waals surface area contributed by atoms with Gasteiger partial charge in [-0.25, -0.2) is 0 Å². The second-order valence-corrected chi connectivity index (χ2v) is 6.31. The van der Waals surface area contributed by atoms with Crippen molar-refractivity contribution in [3.63, 3.8) is 0 Å². The number of amides is 1. The molecule has 2 rings (SSSR count). The minimum absolute atomic E-state index is 0.0989. The van der Waals surface area contributed by atoms with Gasteiger partial charge in [-0.05, 0) is 30.7 Å². The van der Waals surface area contributed by atoms with E-state index in [-0.39, 0.29) is 36.6 Å². The van der Waals surface area contributed by atoms with Gasteiger partial charge in [-0.3, -0.25) is 19.7 Å². The van der Waals surface area contributed by atoms with Gasteiger partial charge in [-0.2, -0.15) is 0 Å². The predicted molar refractivity (Wildman–Crippen MR) is 105 cm³/mol. The number of esters is 1. The molecule has 0 aliphatic rings. The average molecular weight is 406 g/mol. The van der Waals surface area contributed by atoms with Crippen LogP contribution >= 0.6 is 11.6 Å². The topological polar surface area (TPSA) is 102 Å².